The van der Waals surface area contributed by atoms with Crippen LogP contribution in [0.3, 0.4) is 0 Å². The molecule has 22 heavy (non-hydrogen) atoms. The molecule has 118 valence electrons. The van der Waals surface area contributed by atoms with Crippen LogP contribution in [-0.4, -0.2) is 46.8 Å². The van der Waals surface area contributed by atoms with E-state index in [9.17, 15) is 18.8 Å². The second kappa shape index (κ2) is 5.75. The highest BCUT2D eigenvalue weighted by atomic mass is 19.1. The molecule has 1 aromatic carbocycles. The van der Waals surface area contributed by atoms with Crippen molar-refractivity contribution in [3.63, 3.8) is 0 Å². The van der Waals surface area contributed by atoms with Crippen molar-refractivity contribution in [2.24, 2.45) is 0 Å². The van der Waals surface area contributed by atoms with Gasteiger partial charge in [-0.1, -0.05) is 18.2 Å². The maximum Gasteiger partial charge on any atom is 0.325 e. The van der Waals surface area contributed by atoms with Crippen LogP contribution in [0.4, 0.5) is 9.18 Å². The van der Waals surface area contributed by atoms with Gasteiger partial charge in [0.1, 0.15) is 17.9 Å². The summed E-state index contributed by atoms with van der Waals surface area (Å²) in [6, 6.07) is 5.54. The number of imide groups is 1. The molecule has 7 heteroatoms. The van der Waals surface area contributed by atoms with Gasteiger partial charge in [-0.25, -0.2) is 9.18 Å². The maximum absolute atomic E-state index is 13.6. The minimum atomic E-state index is -1.01. The van der Waals surface area contributed by atoms with Gasteiger partial charge in [-0.2, -0.15) is 0 Å². The molecule has 4 amide bonds. The van der Waals surface area contributed by atoms with E-state index in [1.165, 1.54) is 18.0 Å². The molecule has 1 aliphatic heterocycles. The normalized spacial score (nSPS) is 16.6. The van der Waals surface area contributed by atoms with Gasteiger partial charge in [-0.3, -0.25) is 14.5 Å². The van der Waals surface area contributed by atoms with Crippen LogP contribution >= 0.6 is 0 Å². The number of hydrogen-bond donors (Lipinski definition) is 1. The summed E-state index contributed by atoms with van der Waals surface area (Å²) < 4.78 is 13.6. The summed E-state index contributed by atoms with van der Waals surface area (Å²) >= 11 is 0. The van der Waals surface area contributed by atoms with Crippen molar-refractivity contribution in [1.29, 1.82) is 0 Å². The van der Waals surface area contributed by atoms with Crippen molar-refractivity contribution in [3.8, 4) is 0 Å². The molecule has 0 aliphatic carbocycles. The molecule has 1 N–H and O–H groups in total. The van der Waals surface area contributed by atoms with Gasteiger partial charge < -0.3 is 10.2 Å². The molecule has 0 aromatic heterocycles. The first-order valence-electron chi connectivity index (χ1n) is 6.84. The second-order valence-corrected chi connectivity index (χ2v) is 5.79. The fourth-order valence-corrected chi connectivity index (χ4v) is 2.19. The molecule has 0 bridgehead atoms. The Kier molecular flexibility index (Phi) is 4.16. The first kappa shape index (κ1) is 15.9. The number of amides is 4. The highest BCUT2D eigenvalue weighted by molar-refractivity contribution is 6.08. The highest BCUT2D eigenvalue weighted by Crippen LogP contribution is 2.17. The highest BCUT2D eigenvalue weighted by Gasteiger charge is 2.45. The molecule has 1 heterocycles. The molecule has 1 fully saturated rings. The predicted molar refractivity (Wildman–Crippen MR) is 77.2 cm³/mol. The Morgan fingerprint density at radius 1 is 1.32 bits per heavy atom. The first-order valence-corrected chi connectivity index (χ1v) is 6.84. The summed E-state index contributed by atoms with van der Waals surface area (Å²) in [5.74, 6) is -1.30. The van der Waals surface area contributed by atoms with Crippen molar-refractivity contribution in [2.75, 3.05) is 13.6 Å². The third-order valence-corrected chi connectivity index (χ3v) is 3.53. The third kappa shape index (κ3) is 3.08. The van der Waals surface area contributed by atoms with Crippen LogP contribution in [0.2, 0.25) is 0 Å². The number of carbonyl (C=O) groups is 3. The largest absolute Gasteiger partial charge is 0.340 e. The maximum atomic E-state index is 13.6. The molecular formula is C15H18FN3O3. The molecule has 0 unspecified atom stereocenters. The zero-order valence-electron chi connectivity index (χ0n) is 12.7. The van der Waals surface area contributed by atoms with Crippen molar-refractivity contribution >= 4 is 17.8 Å². The zero-order chi connectivity index (χ0) is 16.5. The van der Waals surface area contributed by atoms with Gasteiger partial charge in [-0.15, -0.1) is 0 Å². The van der Waals surface area contributed by atoms with Gasteiger partial charge in [0.2, 0.25) is 5.91 Å². The summed E-state index contributed by atoms with van der Waals surface area (Å²) in [6.07, 6.45) is 0. The van der Waals surface area contributed by atoms with Gasteiger partial charge in [-0.05, 0) is 19.9 Å². The summed E-state index contributed by atoms with van der Waals surface area (Å²) in [4.78, 5) is 38.1. The molecule has 6 nitrogen and oxygen atoms in total. The third-order valence-electron chi connectivity index (χ3n) is 3.53. The smallest absolute Gasteiger partial charge is 0.325 e. The Labute approximate surface area is 127 Å². The molecule has 2 rings (SSSR count). The summed E-state index contributed by atoms with van der Waals surface area (Å²) in [7, 11) is 1.50. The number of halogens is 1. The van der Waals surface area contributed by atoms with Crippen molar-refractivity contribution in [2.45, 2.75) is 25.9 Å². The lowest BCUT2D eigenvalue weighted by Gasteiger charge is -2.21. The molecular weight excluding hydrogens is 289 g/mol. The van der Waals surface area contributed by atoms with Crippen molar-refractivity contribution < 1.29 is 18.8 Å². The molecule has 1 saturated heterocycles. The lowest BCUT2D eigenvalue weighted by Crippen LogP contribution is -2.43. The van der Waals surface area contributed by atoms with Gasteiger partial charge in [0, 0.05) is 19.2 Å². The molecule has 0 spiro atoms. The van der Waals surface area contributed by atoms with Crippen LogP contribution in [0, 0.1) is 5.82 Å². The van der Waals surface area contributed by atoms with Crippen molar-refractivity contribution in [3.05, 3.63) is 35.6 Å². The predicted octanol–water partition coefficient (Wildman–Crippen LogP) is 1.11. The van der Waals surface area contributed by atoms with Crippen LogP contribution < -0.4 is 5.32 Å². The van der Waals surface area contributed by atoms with Crippen LogP contribution in [0.15, 0.2) is 24.3 Å². The van der Waals surface area contributed by atoms with Gasteiger partial charge in [0.15, 0.2) is 0 Å². The van der Waals surface area contributed by atoms with Crippen LogP contribution in [-0.2, 0) is 16.1 Å². The number of urea groups is 1. The molecule has 1 aromatic rings. The van der Waals surface area contributed by atoms with E-state index in [2.05, 4.69) is 5.32 Å². The summed E-state index contributed by atoms with van der Waals surface area (Å²) in [5.41, 5.74) is -0.641. The number of hydrogen-bond acceptors (Lipinski definition) is 3. The number of nitrogens with zero attached hydrogens (tertiary/aromatic N) is 2. The average Bonchev–Trinajstić information content (AvgIpc) is 2.63. The van der Waals surface area contributed by atoms with E-state index in [0.717, 1.165) is 4.90 Å². The van der Waals surface area contributed by atoms with E-state index in [1.54, 1.807) is 32.0 Å². The number of nitrogens with one attached hydrogen (secondary N) is 1. The second-order valence-electron chi connectivity index (χ2n) is 5.79. The Morgan fingerprint density at radius 2 is 1.95 bits per heavy atom. The van der Waals surface area contributed by atoms with E-state index < -0.39 is 29.2 Å². The Hall–Kier alpha value is -2.44. The van der Waals surface area contributed by atoms with Gasteiger partial charge in [0.05, 0.1) is 0 Å². The van der Waals surface area contributed by atoms with Crippen LogP contribution in [0.1, 0.15) is 19.4 Å². The lowest BCUT2D eigenvalue weighted by atomic mass is 10.1. The fourth-order valence-electron chi connectivity index (χ4n) is 2.19. The molecule has 0 radical (unpaired) electrons. The number of rotatable bonds is 4. The average molecular weight is 307 g/mol. The molecule has 0 atom stereocenters. The monoisotopic (exact) mass is 307 g/mol. The minimum Gasteiger partial charge on any atom is -0.340 e. The van der Waals surface area contributed by atoms with E-state index in [1.807, 2.05) is 0 Å². The number of benzene rings is 1. The molecule has 1 aliphatic rings. The van der Waals surface area contributed by atoms with E-state index in [-0.39, 0.29) is 13.1 Å². The standard InChI is InChI=1S/C15H18FN3O3/c1-15(2)13(21)19(14(22)17-15)9-12(20)18(3)8-10-6-4-5-7-11(10)16/h4-7H,8-9H2,1-3H3,(H,17,22). The Balaban J connectivity index is 2.02. The fraction of sp³-hybridized carbons (Fsp3) is 0.400. The molecule has 0 saturated carbocycles. The van der Waals surface area contributed by atoms with E-state index in [0.29, 0.717) is 5.56 Å². The van der Waals surface area contributed by atoms with Gasteiger partial charge >= 0.3 is 6.03 Å². The quantitative estimate of drug-likeness (QED) is 0.847. The van der Waals surface area contributed by atoms with E-state index >= 15 is 0 Å². The summed E-state index contributed by atoms with van der Waals surface area (Å²) in [5, 5.41) is 2.50. The van der Waals surface area contributed by atoms with Crippen LogP contribution in [0.5, 0.6) is 0 Å². The lowest BCUT2D eigenvalue weighted by molar-refractivity contribution is -0.138. The van der Waals surface area contributed by atoms with Crippen LogP contribution in [0.25, 0.3) is 0 Å². The zero-order valence-corrected chi connectivity index (χ0v) is 12.7. The Bertz CT molecular complexity index is 630. The van der Waals surface area contributed by atoms with Crippen molar-refractivity contribution in [1.82, 2.24) is 15.1 Å². The Morgan fingerprint density at radius 3 is 2.50 bits per heavy atom. The summed E-state index contributed by atoms with van der Waals surface area (Å²) in [6.45, 7) is 2.85. The topological polar surface area (TPSA) is 69.7 Å². The van der Waals surface area contributed by atoms with E-state index in [4.69, 9.17) is 0 Å². The SMILES string of the molecule is CN(Cc1ccccc1F)C(=O)CN1C(=O)NC(C)(C)C1=O. The number of likely N-dealkylation sites (N-methyl/N-ethyl adjacent to an activating group) is 1. The number of carbonyl (C=O) groups excluding carboxylic acids is 3. The first-order chi connectivity index (χ1) is 10.2. The minimum absolute atomic E-state index is 0.0680. The van der Waals surface area contributed by atoms with Gasteiger partial charge in [0.25, 0.3) is 5.91 Å².